The quantitative estimate of drug-likeness (QED) is 0.236. The van der Waals surface area contributed by atoms with Gasteiger partial charge in [0.1, 0.15) is 0 Å². The van der Waals surface area contributed by atoms with Gasteiger partial charge in [0, 0.05) is 32.6 Å². The van der Waals surface area contributed by atoms with E-state index in [1.807, 2.05) is 19.1 Å². The van der Waals surface area contributed by atoms with Crippen molar-refractivity contribution in [1.29, 1.82) is 0 Å². The predicted octanol–water partition coefficient (Wildman–Crippen LogP) is 5.22. The molecular formula is C31H46N4O3. The molecular weight excluding hydrogens is 476 g/mol. The zero-order valence-electron chi connectivity index (χ0n) is 24.0. The van der Waals surface area contributed by atoms with Gasteiger partial charge in [0.15, 0.2) is 0 Å². The molecule has 1 aliphatic heterocycles. The molecule has 0 amide bonds. The number of rotatable bonds is 9. The SMILES string of the molecule is CCC1CN(Cc2cc(C(c3ccc(N(C)N)c(N)c3C)C(C)(C)C(=O)O)ccc2C)CCC(C2CC2)O1. The lowest BCUT2D eigenvalue weighted by atomic mass is 9.69. The van der Waals surface area contributed by atoms with Gasteiger partial charge in [-0.1, -0.05) is 31.2 Å². The van der Waals surface area contributed by atoms with Crippen LogP contribution >= 0.6 is 0 Å². The van der Waals surface area contributed by atoms with Gasteiger partial charge in [-0.2, -0.15) is 0 Å². The van der Waals surface area contributed by atoms with Gasteiger partial charge in [0.05, 0.1) is 29.0 Å². The first-order chi connectivity index (χ1) is 17.9. The van der Waals surface area contributed by atoms with Crippen LogP contribution in [0.15, 0.2) is 30.3 Å². The molecule has 38 heavy (non-hydrogen) atoms. The number of nitrogen functional groups attached to an aromatic ring is 1. The van der Waals surface area contributed by atoms with E-state index in [2.05, 4.69) is 36.9 Å². The maximum Gasteiger partial charge on any atom is 0.310 e. The van der Waals surface area contributed by atoms with Crippen LogP contribution in [0.3, 0.4) is 0 Å². The number of nitrogens with two attached hydrogens (primary N) is 2. The highest BCUT2D eigenvalue weighted by Gasteiger charge is 2.40. The molecule has 0 spiro atoms. The molecule has 3 atom stereocenters. The second-order valence-corrected chi connectivity index (χ2v) is 12.0. The lowest BCUT2D eigenvalue weighted by Gasteiger charge is -2.34. The largest absolute Gasteiger partial charge is 0.481 e. The number of hydrogen-bond donors (Lipinski definition) is 3. The first-order valence-corrected chi connectivity index (χ1v) is 14.0. The van der Waals surface area contributed by atoms with Crippen molar-refractivity contribution in [2.45, 2.75) is 85.0 Å². The van der Waals surface area contributed by atoms with Gasteiger partial charge < -0.3 is 20.6 Å². The van der Waals surface area contributed by atoms with E-state index in [1.54, 1.807) is 20.9 Å². The lowest BCUT2D eigenvalue weighted by Crippen LogP contribution is -2.33. The zero-order valence-corrected chi connectivity index (χ0v) is 24.0. The first kappa shape index (κ1) is 28.4. The average molecular weight is 523 g/mol. The summed E-state index contributed by atoms with van der Waals surface area (Å²) in [7, 11) is 1.75. The number of carbonyl (C=O) groups is 1. The van der Waals surface area contributed by atoms with Gasteiger partial charge in [0.2, 0.25) is 0 Å². The van der Waals surface area contributed by atoms with Crippen molar-refractivity contribution in [2.75, 3.05) is 30.9 Å². The number of carboxylic acid groups (broad SMARTS) is 1. The Balaban J connectivity index is 1.70. The van der Waals surface area contributed by atoms with Gasteiger partial charge in [-0.15, -0.1) is 0 Å². The van der Waals surface area contributed by atoms with E-state index >= 15 is 0 Å². The van der Waals surface area contributed by atoms with E-state index in [9.17, 15) is 9.90 Å². The summed E-state index contributed by atoms with van der Waals surface area (Å²) < 4.78 is 6.49. The van der Waals surface area contributed by atoms with Crippen molar-refractivity contribution in [2.24, 2.45) is 17.2 Å². The fourth-order valence-corrected chi connectivity index (χ4v) is 5.97. The molecule has 4 rings (SSSR count). The summed E-state index contributed by atoms with van der Waals surface area (Å²) >= 11 is 0. The Morgan fingerprint density at radius 2 is 1.92 bits per heavy atom. The molecule has 5 N–H and O–H groups in total. The van der Waals surface area contributed by atoms with Gasteiger partial charge in [0.25, 0.3) is 0 Å². The minimum absolute atomic E-state index is 0.259. The number of ether oxygens (including phenoxy) is 1. The van der Waals surface area contributed by atoms with Gasteiger partial charge in [-0.25, -0.2) is 5.84 Å². The number of nitrogens with zero attached hydrogens (tertiary/aromatic N) is 2. The molecule has 7 nitrogen and oxygen atoms in total. The zero-order chi connectivity index (χ0) is 27.8. The number of aryl methyl sites for hydroxylation is 1. The Kier molecular flexibility index (Phi) is 8.40. The van der Waals surface area contributed by atoms with Crippen molar-refractivity contribution >= 4 is 17.3 Å². The predicted molar refractivity (Wildman–Crippen MR) is 154 cm³/mol. The molecule has 0 radical (unpaired) electrons. The van der Waals surface area contributed by atoms with Crippen LogP contribution in [0, 0.1) is 25.2 Å². The molecule has 1 heterocycles. The summed E-state index contributed by atoms with van der Waals surface area (Å²) in [4.78, 5) is 15.1. The van der Waals surface area contributed by atoms with Crippen molar-refractivity contribution < 1.29 is 14.6 Å². The smallest absolute Gasteiger partial charge is 0.310 e. The number of hydrazine groups is 1. The number of aliphatic carboxylic acids is 1. The Morgan fingerprint density at radius 3 is 2.53 bits per heavy atom. The molecule has 2 aliphatic rings. The van der Waals surface area contributed by atoms with Crippen molar-refractivity contribution in [3.63, 3.8) is 0 Å². The molecule has 1 saturated heterocycles. The standard InChI is InChI=1S/C31H46N4O3/c1-7-24-18-35(15-14-27(38-24)21-10-11-21)17-23-16-22(9-8-19(23)2)28(31(4,5)30(36)37)25-12-13-26(34(6)33)29(32)20(25)3/h8-9,12-13,16,21,24,27-28H,7,10-11,14-15,17-18,32-33H2,1-6H3,(H,36,37). The van der Waals surface area contributed by atoms with E-state index in [-0.39, 0.29) is 12.0 Å². The summed E-state index contributed by atoms with van der Waals surface area (Å²) in [5.41, 5.74) is 11.9. The lowest BCUT2D eigenvalue weighted by molar-refractivity contribution is -0.147. The van der Waals surface area contributed by atoms with Crippen LogP contribution in [-0.2, 0) is 16.1 Å². The van der Waals surface area contributed by atoms with Crippen LogP contribution in [0.5, 0.6) is 0 Å². The topological polar surface area (TPSA) is 105 Å². The van der Waals surface area contributed by atoms with Crippen LogP contribution in [0.25, 0.3) is 0 Å². The van der Waals surface area contributed by atoms with E-state index in [1.165, 1.54) is 29.0 Å². The Labute approximate surface area is 228 Å². The molecule has 2 aromatic carbocycles. The monoisotopic (exact) mass is 522 g/mol. The van der Waals surface area contributed by atoms with E-state index in [0.29, 0.717) is 11.8 Å². The van der Waals surface area contributed by atoms with Crippen molar-refractivity contribution in [1.82, 2.24) is 4.90 Å². The number of hydrogen-bond acceptors (Lipinski definition) is 6. The first-order valence-electron chi connectivity index (χ1n) is 14.0. The molecule has 1 saturated carbocycles. The third-order valence-electron chi connectivity index (χ3n) is 8.76. The molecule has 0 bridgehead atoms. The van der Waals surface area contributed by atoms with Gasteiger partial charge in [-0.3, -0.25) is 9.69 Å². The highest BCUT2D eigenvalue weighted by molar-refractivity contribution is 5.78. The van der Waals surface area contributed by atoms with Gasteiger partial charge >= 0.3 is 5.97 Å². The summed E-state index contributed by atoms with van der Waals surface area (Å²) in [6.45, 7) is 12.7. The second kappa shape index (κ2) is 11.2. The number of carboxylic acids is 1. The summed E-state index contributed by atoms with van der Waals surface area (Å²) in [5, 5.41) is 11.8. The Hall–Kier alpha value is -2.61. The molecule has 1 aliphatic carbocycles. The van der Waals surface area contributed by atoms with E-state index in [4.69, 9.17) is 16.3 Å². The second-order valence-electron chi connectivity index (χ2n) is 12.0. The highest BCUT2D eigenvalue weighted by Crippen LogP contribution is 2.45. The van der Waals surface area contributed by atoms with Crippen molar-refractivity contribution in [3.8, 4) is 0 Å². The maximum atomic E-state index is 12.6. The Bertz CT molecular complexity index is 1160. The minimum Gasteiger partial charge on any atom is -0.481 e. The summed E-state index contributed by atoms with van der Waals surface area (Å²) in [6, 6.07) is 10.3. The molecule has 7 heteroatoms. The van der Waals surface area contributed by atoms with Crippen LogP contribution in [0.4, 0.5) is 11.4 Å². The minimum atomic E-state index is -1.05. The van der Waals surface area contributed by atoms with Crippen LogP contribution in [-0.4, -0.2) is 48.3 Å². The van der Waals surface area contributed by atoms with Crippen LogP contribution in [0.1, 0.15) is 80.2 Å². The molecule has 0 aromatic heterocycles. The van der Waals surface area contributed by atoms with Crippen molar-refractivity contribution in [3.05, 3.63) is 58.1 Å². The van der Waals surface area contributed by atoms with Gasteiger partial charge in [-0.05, 0) is 93.2 Å². The van der Waals surface area contributed by atoms with E-state index in [0.717, 1.165) is 60.8 Å². The number of benzene rings is 2. The maximum absolute atomic E-state index is 12.6. The fourth-order valence-electron chi connectivity index (χ4n) is 5.97. The normalized spacial score (nSPS) is 21.7. The van der Waals surface area contributed by atoms with Crippen LogP contribution < -0.4 is 16.6 Å². The molecule has 2 aromatic rings. The van der Waals surface area contributed by atoms with E-state index < -0.39 is 11.4 Å². The fraction of sp³-hybridized carbons (Fsp3) is 0.581. The third kappa shape index (κ3) is 5.85. The average Bonchev–Trinajstić information content (AvgIpc) is 3.71. The highest BCUT2D eigenvalue weighted by atomic mass is 16.5. The summed E-state index contributed by atoms with van der Waals surface area (Å²) in [6.07, 6.45) is 5.35. The number of anilines is 2. The van der Waals surface area contributed by atoms with Crippen LogP contribution in [0.2, 0.25) is 0 Å². The third-order valence-corrected chi connectivity index (χ3v) is 8.76. The molecule has 208 valence electrons. The molecule has 2 fully saturated rings. The molecule has 3 unspecified atom stereocenters. The summed E-state index contributed by atoms with van der Waals surface area (Å²) in [5.74, 6) is 5.51. The Morgan fingerprint density at radius 1 is 1.21 bits per heavy atom.